The number of nitrogens with one attached hydrogen (secondary N) is 2. The molecule has 2 aromatic rings. The number of amides is 1. The molecule has 0 bridgehead atoms. The number of hydrogen-bond donors (Lipinski definition) is 2. The number of rotatable bonds is 8. The van der Waals surface area contributed by atoms with E-state index in [1.54, 1.807) is 6.07 Å². The van der Waals surface area contributed by atoms with Gasteiger partial charge in [0, 0.05) is 23.3 Å². The van der Waals surface area contributed by atoms with Gasteiger partial charge in [-0.3, -0.25) is 14.9 Å². The van der Waals surface area contributed by atoms with Gasteiger partial charge in [0.1, 0.15) is 0 Å². The molecule has 27 heavy (non-hydrogen) atoms. The molecule has 7 nitrogen and oxygen atoms in total. The summed E-state index contributed by atoms with van der Waals surface area (Å²) < 4.78 is 5.49. The standard InChI is InChI=1S/C18H20ClN3O4.ClH/c1-3-20-11-13-6-4-5-7-15(13)21-18(23)12(2)26-17-9-8-14(19)10-16(17)22(24)25;/h4-10,12,20H,3,11H2,1-2H3,(H,21,23);1H. The second kappa shape index (κ2) is 10.7. The molecular formula is C18H21Cl2N3O4. The molecule has 1 amide bonds. The first kappa shape index (κ1) is 22.7. The van der Waals surface area contributed by atoms with Crippen molar-refractivity contribution in [3.63, 3.8) is 0 Å². The van der Waals surface area contributed by atoms with Crippen molar-refractivity contribution in [3.8, 4) is 5.75 Å². The fourth-order valence-corrected chi connectivity index (χ4v) is 2.43. The van der Waals surface area contributed by atoms with E-state index in [9.17, 15) is 14.9 Å². The van der Waals surface area contributed by atoms with Crippen molar-refractivity contribution in [1.82, 2.24) is 5.32 Å². The Morgan fingerprint density at radius 1 is 1.30 bits per heavy atom. The summed E-state index contributed by atoms with van der Waals surface area (Å²) in [5.74, 6) is -0.416. The van der Waals surface area contributed by atoms with E-state index in [1.807, 2.05) is 25.1 Å². The molecule has 0 saturated carbocycles. The third kappa shape index (κ3) is 6.39. The summed E-state index contributed by atoms with van der Waals surface area (Å²) in [5.41, 5.74) is 1.32. The van der Waals surface area contributed by atoms with E-state index in [2.05, 4.69) is 10.6 Å². The maximum absolute atomic E-state index is 12.4. The Balaban J connectivity index is 0.00000364. The lowest BCUT2D eigenvalue weighted by Gasteiger charge is -2.16. The van der Waals surface area contributed by atoms with Crippen LogP contribution in [-0.4, -0.2) is 23.5 Å². The number of ether oxygens (including phenoxy) is 1. The number of anilines is 1. The highest BCUT2D eigenvalue weighted by Gasteiger charge is 2.22. The van der Waals surface area contributed by atoms with Crippen LogP contribution in [0.5, 0.6) is 5.75 Å². The van der Waals surface area contributed by atoms with Gasteiger partial charge in [0.2, 0.25) is 0 Å². The zero-order chi connectivity index (χ0) is 19.1. The van der Waals surface area contributed by atoms with Crippen LogP contribution in [-0.2, 0) is 11.3 Å². The van der Waals surface area contributed by atoms with Gasteiger partial charge < -0.3 is 15.4 Å². The van der Waals surface area contributed by atoms with E-state index < -0.39 is 16.9 Å². The first-order valence-corrected chi connectivity index (χ1v) is 8.50. The fourth-order valence-electron chi connectivity index (χ4n) is 2.27. The van der Waals surface area contributed by atoms with Gasteiger partial charge in [-0.25, -0.2) is 0 Å². The van der Waals surface area contributed by atoms with Crippen LogP contribution in [0.3, 0.4) is 0 Å². The number of para-hydroxylation sites is 1. The van der Waals surface area contributed by atoms with Gasteiger partial charge in [0.25, 0.3) is 5.91 Å². The number of carbonyl (C=O) groups is 1. The molecule has 0 heterocycles. The van der Waals surface area contributed by atoms with Crippen molar-refractivity contribution in [3.05, 3.63) is 63.2 Å². The molecule has 1 unspecified atom stereocenters. The Hall–Kier alpha value is -2.35. The Morgan fingerprint density at radius 2 is 2.00 bits per heavy atom. The molecule has 2 N–H and O–H groups in total. The van der Waals surface area contributed by atoms with E-state index in [0.717, 1.165) is 12.1 Å². The minimum atomic E-state index is -0.929. The van der Waals surface area contributed by atoms with Gasteiger partial charge >= 0.3 is 5.69 Å². The summed E-state index contributed by atoms with van der Waals surface area (Å²) in [5, 5.41) is 17.3. The van der Waals surface area contributed by atoms with Crippen LogP contribution in [0.25, 0.3) is 0 Å². The van der Waals surface area contributed by atoms with E-state index in [1.165, 1.54) is 25.1 Å². The molecule has 0 radical (unpaired) electrons. The van der Waals surface area contributed by atoms with Crippen molar-refractivity contribution in [1.29, 1.82) is 0 Å². The third-order valence-corrected chi connectivity index (χ3v) is 3.87. The number of carbonyl (C=O) groups excluding carboxylic acids is 1. The molecule has 146 valence electrons. The summed E-state index contributed by atoms with van der Waals surface area (Å²) in [4.78, 5) is 23.0. The number of halogens is 2. The van der Waals surface area contributed by atoms with Crippen LogP contribution < -0.4 is 15.4 Å². The molecule has 0 aromatic heterocycles. The Morgan fingerprint density at radius 3 is 2.67 bits per heavy atom. The summed E-state index contributed by atoms with van der Waals surface area (Å²) in [6.45, 7) is 4.95. The molecule has 2 rings (SSSR count). The number of nitro groups is 1. The maximum Gasteiger partial charge on any atom is 0.312 e. The van der Waals surface area contributed by atoms with Gasteiger partial charge in [-0.05, 0) is 37.2 Å². The van der Waals surface area contributed by atoms with E-state index in [4.69, 9.17) is 16.3 Å². The lowest BCUT2D eigenvalue weighted by Crippen LogP contribution is -2.31. The predicted octanol–water partition coefficient (Wildman–Crippen LogP) is 4.19. The highest BCUT2D eigenvalue weighted by atomic mass is 35.5. The lowest BCUT2D eigenvalue weighted by molar-refractivity contribution is -0.386. The smallest absolute Gasteiger partial charge is 0.312 e. The monoisotopic (exact) mass is 413 g/mol. The molecular weight excluding hydrogens is 393 g/mol. The largest absolute Gasteiger partial charge is 0.474 e. The molecule has 0 spiro atoms. The minimum Gasteiger partial charge on any atom is -0.474 e. The van der Waals surface area contributed by atoms with E-state index >= 15 is 0 Å². The summed E-state index contributed by atoms with van der Waals surface area (Å²) >= 11 is 5.78. The third-order valence-electron chi connectivity index (χ3n) is 3.63. The molecule has 0 aliphatic heterocycles. The zero-order valence-corrected chi connectivity index (χ0v) is 16.5. The quantitative estimate of drug-likeness (QED) is 0.499. The SMILES string of the molecule is CCNCc1ccccc1NC(=O)C(C)Oc1ccc(Cl)cc1[N+](=O)[O-].Cl. The van der Waals surface area contributed by atoms with Crippen molar-refractivity contribution < 1.29 is 14.5 Å². The number of benzene rings is 2. The lowest BCUT2D eigenvalue weighted by atomic mass is 10.1. The highest BCUT2D eigenvalue weighted by molar-refractivity contribution is 6.30. The van der Waals surface area contributed by atoms with Gasteiger partial charge in [-0.1, -0.05) is 36.7 Å². The maximum atomic E-state index is 12.4. The summed E-state index contributed by atoms with van der Waals surface area (Å²) in [7, 11) is 0. The number of nitrogens with zero attached hydrogens (tertiary/aromatic N) is 1. The molecule has 0 saturated heterocycles. The van der Waals surface area contributed by atoms with Crippen molar-refractivity contribution >= 4 is 41.3 Å². The molecule has 2 aromatic carbocycles. The predicted molar refractivity (Wildman–Crippen MR) is 108 cm³/mol. The van der Waals surface area contributed by atoms with Gasteiger partial charge in [-0.15, -0.1) is 12.4 Å². The highest BCUT2D eigenvalue weighted by Crippen LogP contribution is 2.30. The zero-order valence-electron chi connectivity index (χ0n) is 14.9. The van der Waals surface area contributed by atoms with Crippen molar-refractivity contribution in [2.75, 3.05) is 11.9 Å². The molecule has 0 fully saturated rings. The second-order valence-electron chi connectivity index (χ2n) is 5.56. The molecule has 1 atom stereocenters. The van der Waals surface area contributed by atoms with Crippen LogP contribution in [0.15, 0.2) is 42.5 Å². The molecule has 0 aliphatic rings. The minimum absolute atomic E-state index is 0. The number of nitro benzene ring substituents is 1. The van der Waals surface area contributed by atoms with E-state index in [-0.39, 0.29) is 28.9 Å². The number of hydrogen-bond acceptors (Lipinski definition) is 5. The van der Waals surface area contributed by atoms with E-state index in [0.29, 0.717) is 12.2 Å². The molecule has 9 heteroatoms. The Kier molecular flexibility index (Phi) is 9.00. The Labute approximate surface area is 168 Å². The van der Waals surface area contributed by atoms with Crippen LogP contribution in [0.4, 0.5) is 11.4 Å². The summed E-state index contributed by atoms with van der Waals surface area (Å²) in [6.07, 6.45) is -0.929. The average molecular weight is 414 g/mol. The topological polar surface area (TPSA) is 93.5 Å². The second-order valence-corrected chi connectivity index (χ2v) is 5.99. The first-order chi connectivity index (χ1) is 12.4. The molecule has 0 aliphatic carbocycles. The van der Waals surface area contributed by atoms with Crippen LogP contribution in [0, 0.1) is 10.1 Å². The first-order valence-electron chi connectivity index (χ1n) is 8.12. The normalized spacial score (nSPS) is 11.2. The van der Waals surface area contributed by atoms with Crippen molar-refractivity contribution in [2.45, 2.75) is 26.5 Å². The summed E-state index contributed by atoms with van der Waals surface area (Å²) in [6, 6.07) is 11.5. The van der Waals surface area contributed by atoms with Crippen LogP contribution in [0.2, 0.25) is 5.02 Å². The fraction of sp³-hybridized carbons (Fsp3) is 0.278. The average Bonchev–Trinajstić information content (AvgIpc) is 2.62. The Bertz CT molecular complexity index is 802. The van der Waals surface area contributed by atoms with Crippen molar-refractivity contribution in [2.24, 2.45) is 0 Å². The van der Waals surface area contributed by atoms with Crippen LogP contribution >= 0.6 is 24.0 Å². The van der Waals surface area contributed by atoms with Crippen LogP contribution in [0.1, 0.15) is 19.4 Å². The van der Waals surface area contributed by atoms with Gasteiger partial charge in [0.05, 0.1) is 4.92 Å². The van der Waals surface area contributed by atoms with Gasteiger partial charge in [-0.2, -0.15) is 0 Å². The van der Waals surface area contributed by atoms with Gasteiger partial charge in [0.15, 0.2) is 11.9 Å².